The predicted molar refractivity (Wildman–Crippen MR) is 83.7 cm³/mol. The van der Waals surface area contributed by atoms with Crippen LogP contribution < -0.4 is 10.2 Å². The first-order valence-corrected chi connectivity index (χ1v) is 6.94. The van der Waals surface area contributed by atoms with E-state index in [-0.39, 0.29) is 5.54 Å². The van der Waals surface area contributed by atoms with Crippen LogP contribution in [0.1, 0.15) is 39.0 Å². The third-order valence-electron chi connectivity index (χ3n) is 3.04. The molecule has 3 heteroatoms. The molecule has 1 rings (SSSR count). The Morgan fingerprint density at radius 2 is 2.05 bits per heavy atom. The summed E-state index contributed by atoms with van der Waals surface area (Å²) in [5.41, 5.74) is 2.48. The van der Waals surface area contributed by atoms with Gasteiger partial charge in [0.2, 0.25) is 0 Å². The van der Waals surface area contributed by atoms with Crippen molar-refractivity contribution in [2.24, 2.45) is 0 Å². The third-order valence-corrected chi connectivity index (χ3v) is 3.04. The number of hydrogen-bond acceptors (Lipinski definition) is 3. The zero-order valence-electron chi connectivity index (χ0n) is 13.0. The fourth-order valence-electron chi connectivity index (χ4n) is 1.84. The van der Waals surface area contributed by atoms with E-state index >= 15 is 0 Å². The van der Waals surface area contributed by atoms with E-state index in [4.69, 9.17) is 4.98 Å². The molecule has 0 fully saturated rings. The average molecular weight is 261 g/mol. The topological polar surface area (TPSA) is 28.2 Å². The molecular formula is C16H27N3. The Kier molecular flexibility index (Phi) is 5.55. The van der Waals surface area contributed by atoms with Crippen molar-refractivity contribution in [3.8, 4) is 0 Å². The van der Waals surface area contributed by atoms with Crippen LogP contribution in [0.25, 0.3) is 0 Å². The van der Waals surface area contributed by atoms with E-state index in [0.29, 0.717) is 0 Å². The maximum atomic E-state index is 4.70. The largest absolute Gasteiger partial charge is 0.353 e. The Bertz CT molecular complexity index is 418. The highest BCUT2D eigenvalue weighted by atomic mass is 15.2. The summed E-state index contributed by atoms with van der Waals surface area (Å²) in [6.45, 7) is 17.2. The lowest BCUT2D eigenvalue weighted by Crippen LogP contribution is -2.35. The second-order valence-electron chi connectivity index (χ2n) is 5.84. The fraction of sp³-hybridized carbons (Fsp3) is 0.562. The number of nitrogens with zero attached hydrogens (tertiary/aromatic N) is 2. The van der Waals surface area contributed by atoms with Crippen molar-refractivity contribution >= 4 is 5.82 Å². The highest BCUT2D eigenvalue weighted by Crippen LogP contribution is 2.15. The van der Waals surface area contributed by atoms with Crippen molar-refractivity contribution in [2.75, 3.05) is 18.0 Å². The molecule has 106 valence electrons. The predicted octanol–water partition coefficient (Wildman–Crippen LogP) is 3.29. The number of anilines is 1. The van der Waals surface area contributed by atoms with Gasteiger partial charge < -0.3 is 10.2 Å². The van der Waals surface area contributed by atoms with Crippen LogP contribution in [0.3, 0.4) is 0 Å². The molecule has 0 amide bonds. The zero-order chi connectivity index (χ0) is 14.5. The molecule has 0 aliphatic rings. The molecule has 1 aromatic rings. The third kappa shape index (κ3) is 5.03. The Labute approximate surface area is 117 Å². The smallest absolute Gasteiger partial charge is 0.129 e. The van der Waals surface area contributed by atoms with Gasteiger partial charge in [-0.25, -0.2) is 4.98 Å². The summed E-state index contributed by atoms with van der Waals surface area (Å²) in [5, 5.41) is 3.50. The van der Waals surface area contributed by atoms with E-state index in [1.165, 1.54) is 5.56 Å². The Morgan fingerprint density at radius 3 is 2.53 bits per heavy atom. The van der Waals surface area contributed by atoms with Gasteiger partial charge in [0.25, 0.3) is 0 Å². The first-order chi connectivity index (χ1) is 8.87. The lowest BCUT2D eigenvalue weighted by atomic mass is 10.1. The van der Waals surface area contributed by atoms with E-state index in [1.54, 1.807) is 0 Å². The summed E-state index contributed by atoms with van der Waals surface area (Å²) in [7, 11) is 0. The van der Waals surface area contributed by atoms with Crippen LogP contribution >= 0.6 is 0 Å². The average Bonchev–Trinajstić information content (AvgIpc) is 2.33. The number of rotatable bonds is 6. The highest BCUT2D eigenvalue weighted by Gasteiger charge is 2.11. The molecule has 0 aliphatic carbocycles. The summed E-state index contributed by atoms with van der Waals surface area (Å²) >= 11 is 0. The van der Waals surface area contributed by atoms with E-state index in [2.05, 4.69) is 63.5 Å². The van der Waals surface area contributed by atoms with Gasteiger partial charge in [0.05, 0.1) is 0 Å². The van der Waals surface area contributed by atoms with Crippen LogP contribution in [0, 0.1) is 6.92 Å². The molecule has 1 aromatic heterocycles. The van der Waals surface area contributed by atoms with E-state index < -0.39 is 0 Å². The number of nitrogens with one attached hydrogen (secondary N) is 1. The molecule has 0 saturated heterocycles. The van der Waals surface area contributed by atoms with Crippen molar-refractivity contribution in [3.63, 3.8) is 0 Å². The minimum atomic E-state index is 0.128. The molecule has 1 heterocycles. The fourth-order valence-corrected chi connectivity index (χ4v) is 1.84. The summed E-state index contributed by atoms with van der Waals surface area (Å²) in [6, 6.07) is 4.27. The molecular weight excluding hydrogens is 234 g/mol. The van der Waals surface area contributed by atoms with Crippen molar-refractivity contribution in [3.05, 3.63) is 36.0 Å². The Balaban J connectivity index is 2.81. The van der Waals surface area contributed by atoms with E-state index in [1.807, 2.05) is 6.08 Å². The Hall–Kier alpha value is -1.35. The molecule has 0 bridgehead atoms. The summed E-state index contributed by atoms with van der Waals surface area (Å²) < 4.78 is 0. The molecule has 3 nitrogen and oxygen atoms in total. The lowest BCUT2D eigenvalue weighted by Gasteiger charge is -2.23. The molecule has 0 radical (unpaired) electrons. The van der Waals surface area contributed by atoms with Crippen LogP contribution in [-0.4, -0.2) is 23.6 Å². The molecule has 0 aliphatic heterocycles. The maximum Gasteiger partial charge on any atom is 0.129 e. The van der Waals surface area contributed by atoms with Crippen molar-refractivity contribution in [1.29, 1.82) is 0 Å². The summed E-state index contributed by atoms with van der Waals surface area (Å²) in [5.74, 6) is 1.03. The van der Waals surface area contributed by atoms with Crippen molar-refractivity contribution in [2.45, 2.75) is 46.7 Å². The van der Waals surface area contributed by atoms with Crippen LogP contribution in [0.2, 0.25) is 0 Å². The standard InChI is InChI=1S/C16H27N3/c1-7-11-19(8-2)15-10-9-14(13(3)18-15)12-17-16(4,5)6/h7,9-10,17H,1,8,11-12H2,2-6H3. The van der Waals surface area contributed by atoms with Crippen molar-refractivity contribution in [1.82, 2.24) is 10.3 Å². The molecule has 0 aromatic carbocycles. The van der Waals surface area contributed by atoms with Gasteiger partial charge in [-0.15, -0.1) is 6.58 Å². The minimum absolute atomic E-state index is 0.128. The molecule has 0 saturated carbocycles. The first kappa shape index (κ1) is 15.7. The van der Waals surface area contributed by atoms with Gasteiger partial charge in [-0.3, -0.25) is 0 Å². The van der Waals surface area contributed by atoms with Gasteiger partial charge in [0, 0.05) is 30.9 Å². The van der Waals surface area contributed by atoms with Crippen LogP contribution in [0.4, 0.5) is 5.82 Å². The zero-order valence-corrected chi connectivity index (χ0v) is 13.0. The second-order valence-corrected chi connectivity index (χ2v) is 5.84. The van der Waals surface area contributed by atoms with E-state index in [9.17, 15) is 0 Å². The molecule has 19 heavy (non-hydrogen) atoms. The summed E-state index contributed by atoms with van der Waals surface area (Å²) in [4.78, 5) is 6.91. The number of pyridine rings is 1. The normalized spacial score (nSPS) is 11.4. The number of hydrogen-bond donors (Lipinski definition) is 1. The quantitative estimate of drug-likeness (QED) is 0.796. The van der Waals surface area contributed by atoms with Gasteiger partial charge >= 0.3 is 0 Å². The molecule has 1 N–H and O–H groups in total. The lowest BCUT2D eigenvalue weighted by molar-refractivity contribution is 0.423. The second kappa shape index (κ2) is 6.71. The van der Waals surface area contributed by atoms with Gasteiger partial charge in [-0.05, 0) is 46.2 Å². The molecule has 0 spiro atoms. The SMILES string of the molecule is C=CCN(CC)c1ccc(CNC(C)(C)C)c(C)n1. The van der Waals surface area contributed by atoms with Crippen LogP contribution in [0.5, 0.6) is 0 Å². The highest BCUT2D eigenvalue weighted by molar-refractivity contribution is 5.42. The van der Waals surface area contributed by atoms with Gasteiger partial charge in [-0.2, -0.15) is 0 Å². The molecule has 0 atom stereocenters. The van der Waals surface area contributed by atoms with Gasteiger partial charge in [-0.1, -0.05) is 12.1 Å². The number of likely N-dealkylation sites (N-methyl/N-ethyl adjacent to an activating group) is 1. The number of aryl methyl sites for hydroxylation is 1. The summed E-state index contributed by atoms with van der Waals surface area (Å²) in [6.07, 6.45) is 1.91. The first-order valence-electron chi connectivity index (χ1n) is 6.94. The van der Waals surface area contributed by atoms with Gasteiger partial charge in [0.1, 0.15) is 5.82 Å². The number of aromatic nitrogens is 1. The van der Waals surface area contributed by atoms with Gasteiger partial charge in [0.15, 0.2) is 0 Å². The maximum absolute atomic E-state index is 4.70. The van der Waals surface area contributed by atoms with Crippen molar-refractivity contribution < 1.29 is 0 Å². The molecule has 0 unspecified atom stereocenters. The Morgan fingerprint density at radius 1 is 1.37 bits per heavy atom. The minimum Gasteiger partial charge on any atom is -0.353 e. The van der Waals surface area contributed by atoms with Crippen LogP contribution in [-0.2, 0) is 6.54 Å². The van der Waals surface area contributed by atoms with Crippen LogP contribution in [0.15, 0.2) is 24.8 Å². The van der Waals surface area contributed by atoms with E-state index in [0.717, 1.165) is 31.1 Å². The monoisotopic (exact) mass is 261 g/mol.